The predicted octanol–water partition coefficient (Wildman–Crippen LogP) is 1.84. The van der Waals surface area contributed by atoms with E-state index in [-0.39, 0.29) is 23.6 Å². The van der Waals surface area contributed by atoms with E-state index < -0.39 is 11.9 Å². The Bertz CT molecular complexity index is 712. The van der Waals surface area contributed by atoms with Gasteiger partial charge in [0.1, 0.15) is 6.54 Å². The lowest BCUT2D eigenvalue weighted by Gasteiger charge is -2.11. The molecule has 6 nitrogen and oxygen atoms in total. The van der Waals surface area contributed by atoms with Gasteiger partial charge < -0.3 is 14.8 Å². The number of carbonyl (C=O) groups excluding carboxylic acids is 3. The van der Waals surface area contributed by atoms with Gasteiger partial charge in [-0.25, -0.2) is 4.79 Å². The molecule has 1 amide bonds. The molecule has 1 N–H and O–H groups in total. The van der Waals surface area contributed by atoms with Crippen LogP contribution < -0.4 is 14.8 Å². The fourth-order valence-electron chi connectivity index (χ4n) is 1.89. The second-order valence-electron chi connectivity index (χ2n) is 4.52. The zero-order valence-electron chi connectivity index (χ0n) is 12.4. The predicted molar refractivity (Wildman–Crippen MR) is 82.8 cm³/mol. The molecule has 2 aromatic rings. The first kappa shape index (κ1) is 16.2. The van der Waals surface area contributed by atoms with Gasteiger partial charge in [0.25, 0.3) is 5.91 Å². The molecule has 0 radical (unpaired) electrons. The van der Waals surface area contributed by atoms with Gasteiger partial charge in [-0.15, -0.1) is 0 Å². The van der Waals surface area contributed by atoms with Crippen molar-refractivity contribution in [2.24, 2.45) is 0 Å². The van der Waals surface area contributed by atoms with E-state index in [1.165, 1.54) is 13.2 Å². The molecular formula is C17H15NO5. The number of benzene rings is 2. The van der Waals surface area contributed by atoms with Crippen LogP contribution in [0, 0.1) is 0 Å². The van der Waals surface area contributed by atoms with Crippen molar-refractivity contribution in [3.63, 3.8) is 0 Å². The van der Waals surface area contributed by atoms with Gasteiger partial charge in [-0.05, 0) is 24.3 Å². The molecule has 0 saturated heterocycles. The summed E-state index contributed by atoms with van der Waals surface area (Å²) in [5.41, 5.74) is 0.623. The van der Waals surface area contributed by atoms with Crippen LogP contribution in [0.25, 0.3) is 0 Å². The van der Waals surface area contributed by atoms with Gasteiger partial charge in [0.2, 0.25) is 0 Å². The maximum Gasteiger partial charge on any atom is 0.330 e. The molecule has 23 heavy (non-hydrogen) atoms. The average molecular weight is 313 g/mol. The third-order valence-electron chi connectivity index (χ3n) is 3.00. The summed E-state index contributed by atoms with van der Waals surface area (Å²) >= 11 is 0. The van der Waals surface area contributed by atoms with Crippen molar-refractivity contribution in [3.05, 3.63) is 59.7 Å². The number of aldehydes is 1. The van der Waals surface area contributed by atoms with E-state index >= 15 is 0 Å². The lowest BCUT2D eigenvalue weighted by Crippen LogP contribution is -2.32. The minimum atomic E-state index is -0.707. The van der Waals surface area contributed by atoms with Crippen molar-refractivity contribution in [2.75, 3.05) is 13.7 Å². The van der Waals surface area contributed by atoms with Crippen LogP contribution in [0.2, 0.25) is 0 Å². The lowest BCUT2D eigenvalue weighted by atomic mass is 10.2. The lowest BCUT2D eigenvalue weighted by molar-refractivity contribution is -0.133. The first-order chi connectivity index (χ1) is 11.2. The summed E-state index contributed by atoms with van der Waals surface area (Å²) in [6.45, 7) is -0.329. The Hall–Kier alpha value is -3.15. The van der Waals surface area contributed by atoms with Gasteiger partial charge in [0.05, 0.1) is 12.7 Å². The number of carbonyl (C=O) groups is 3. The molecular weight excluding hydrogens is 298 g/mol. The van der Waals surface area contributed by atoms with Crippen LogP contribution in [0.4, 0.5) is 0 Å². The monoisotopic (exact) mass is 313 g/mol. The molecule has 0 unspecified atom stereocenters. The maximum absolute atomic E-state index is 11.9. The molecule has 0 aliphatic rings. The molecule has 0 aliphatic carbocycles. The minimum Gasteiger partial charge on any atom is -0.493 e. The quantitative estimate of drug-likeness (QED) is 0.500. The highest BCUT2D eigenvalue weighted by atomic mass is 16.6. The number of methoxy groups -OCH3 is 1. The van der Waals surface area contributed by atoms with E-state index in [1.54, 1.807) is 42.5 Å². The number of esters is 1. The van der Waals surface area contributed by atoms with Crippen LogP contribution in [-0.2, 0) is 4.79 Å². The van der Waals surface area contributed by atoms with Crippen LogP contribution in [0.1, 0.15) is 20.7 Å². The Balaban J connectivity index is 2.00. The van der Waals surface area contributed by atoms with Crippen molar-refractivity contribution in [3.8, 4) is 11.5 Å². The smallest absolute Gasteiger partial charge is 0.330 e. The van der Waals surface area contributed by atoms with Gasteiger partial charge in [-0.2, -0.15) is 0 Å². The van der Waals surface area contributed by atoms with Crippen molar-refractivity contribution in [2.45, 2.75) is 0 Å². The topological polar surface area (TPSA) is 81.7 Å². The third-order valence-corrected chi connectivity index (χ3v) is 3.00. The number of rotatable bonds is 6. The molecule has 118 valence electrons. The number of hydrogen-bond acceptors (Lipinski definition) is 5. The maximum atomic E-state index is 11.9. The Kier molecular flexibility index (Phi) is 5.46. The molecule has 2 rings (SSSR count). The van der Waals surface area contributed by atoms with Crippen LogP contribution >= 0.6 is 0 Å². The summed E-state index contributed by atoms with van der Waals surface area (Å²) in [5.74, 6) is -0.804. The van der Waals surface area contributed by atoms with E-state index in [9.17, 15) is 14.4 Å². The summed E-state index contributed by atoms with van der Waals surface area (Å²) in [7, 11) is 1.40. The summed E-state index contributed by atoms with van der Waals surface area (Å²) in [6.07, 6.45) is 0.563. The summed E-state index contributed by atoms with van der Waals surface area (Å²) < 4.78 is 10.2. The average Bonchev–Trinajstić information content (AvgIpc) is 2.60. The minimum absolute atomic E-state index is 0.0314. The Labute approximate surface area is 133 Å². The largest absolute Gasteiger partial charge is 0.493 e. The Morgan fingerprint density at radius 3 is 2.48 bits per heavy atom. The summed E-state index contributed by atoms with van der Waals surface area (Å²) in [4.78, 5) is 34.7. The normalized spacial score (nSPS) is 9.78. The van der Waals surface area contributed by atoms with E-state index in [1.807, 2.05) is 0 Å². The van der Waals surface area contributed by atoms with Crippen molar-refractivity contribution in [1.82, 2.24) is 5.32 Å². The van der Waals surface area contributed by atoms with Gasteiger partial charge in [0, 0.05) is 5.56 Å². The molecule has 0 spiro atoms. The fraction of sp³-hybridized carbons (Fsp3) is 0.118. The van der Waals surface area contributed by atoms with Gasteiger partial charge in [0.15, 0.2) is 17.8 Å². The summed E-state index contributed by atoms with van der Waals surface area (Å²) in [5, 5.41) is 2.45. The van der Waals surface area contributed by atoms with Gasteiger partial charge in [-0.1, -0.05) is 24.3 Å². The molecule has 0 saturated carbocycles. The SMILES string of the molecule is COc1cccc(C=O)c1OC(=O)CNC(=O)c1ccccc1. The number of nitrogens with one attached hydrogen (secondary N) is 1. The second-order valence-corrected chi connectivity index (χ2v) is 4.52. The molecule has 0 bridgehead atoms. The van der Waals surface area contributed by atoms with Gasteiger partial charge in [-0.3, -0.25) is 9.59 Å². The van der Waals surface area contributed by atoms with Crippen molar-refractivity contribution >= 4 is 18.2 Å². The van der Waals surface area contributed by atoms with Crippen LogP contribution in [0.3, 0.4) is 0 Å². The van der Waals surface area contributed by atoms with E-state index in [0.29, 0.717) is 11.8 Å². The Morgan fingerprint density at radius 2 is 1.83 bits per heavy atom. The first-order valence-corrected chi connectivity index (χ1v) is 6.82. The van der Waals surface area contributed by atoms with E-state index in [4.69, 9.17) is 9.47 Å². The summed E-state index contributed by atoms with van der Waals surface area (Å²) in [6, 6.07) is 13.2. The molecule has 2 aromatic carbocycles. The molecule has 0 aliphatic heterocycles. The highest BCUT2D eigenvalue weighted by Crippen LogP contribution is 2.29. The molecule has 0 aromatic heterocycles. The zero-order valence-corrected chi connectivity index (χ0v) is 12.4. The third kappa shape index (κ3) is 4.16. The number of ether oxygens (including phenoxy) is 2. The molecule has 0 atom stereocenters. The van der Waals surface area contributed by atoms with Crippen molar-refractivity contribution in [1.29, 1.82) is 0 Å². The molecule has 6 heteroatoms. The van der Waals surface area contributed by atoms with Gasteiger partial charge >= 0.3 is 5.97 Å². The van der Waals surface area contributed by atoms with Crippen molar-refractivity contribution < 1.29 is 23.9 Å². The van der Waals surface area contributed by atoms with Crippen LogP contribution in [0.5, 0.6) is 11.5 Å². The fourth-order valence-corrected chi connectivity index (χ4v) is 1.89. The zero-order chi connectivity index (χ0) is 16.7. The number of amides is 1. The Morgan fingerprint density at radius 1 is 1.09 bits per heavy atom. The van der Waals surface area contributed by atoms with Crippen LogP contribution in [0.15, 0.2) is 48.5 Å². The first-order valence-electron chi connectivity index (χ1n) is 6.82. The highest BCUT2D eigenvalue weighted by Gasteiger charge is 2.15. The highest BCUT2D eigenvalue weighted by molar-refractivity contribution is 5.96. The molecule has 0 heterocycles. The van der Waals surface area contributed by atoms with Crippen LogP contribution in [-0.4, -0.2) is 31.8 Å². The standard InChI is InChI=1S/C17H15NO5/c1-22-14-9-5-8-13(11-19)16(14)23-15(20)10-18-17(21)12-6-3-2-4-7-12/h2-9,11H,10H2,1H3,(H,18,21). The molecule has 0 fully saturated rings. The number of hydrogen-bond donors (Lipinski definition) is 1. The van der Waals surface area contributed by atoms with E-state index in [2.05, 4.69) is 5.32 Å². The number of para-hydroxylation sites is 1. The van der Waals surface area contributed by atoms with E-state index in [0.717, 1.165) is 0 Å². The second kappa shape index (κ2) is 7.74.